The average molecular weight is 303 g/mol. The van der Waals surface area contributed by atoms with Crippen LogP contribution >= 0.6 is 0 Å². The van der Waals surface area contributed by atoms with Crippen molar-refractivity contribution in [1.82, 2.24) is 14.3 Å². The fourth-order valence-electron chi connectivity index (χ4n) is 2.78. The largest absolute Gasteiger partial charge is 0.261 e. The lowest BCUT2D eigenvalue weighted by atomic mass is 10.2. The van der Waals surface area contributed by atoms with Crippen molar-refractivity contribution in [2.24, 2.45) is 0 Å². The van der Waals surface area contributed by atoms with E-state index in [0.29, 0.717) is 17.1 Å². The molecule has 2 aromatic rings. The van der Waals surface area contributed by atoms with Crippen LogP contribution < -0.4 is 0 Å². The van der Waals surface area contributed by atoms with Crippen LogP contribution in [0, 0.1) is 6.92 Å². The topological polar surface area (TPSA) is 63.2 Å². The maximum absolute atomic E-state index is 12.9. The first-order valence-corrected chi connectivity index (χ1v) is 8.38. The molecule has 1 fully saturated rings. The normalized spacial score (nSPS) is 19.8. The third-order valence-corrected chi connectivity index (χ3v) is 5.88. The predicted molar refractivity (Wildman–Crippen MR) is 79.1 cm³/mol. The van der Waals surface area contributed by atoms with Gasteiger partial charge >= 0.3 is 0 Å². The van der Waals surface area contributed by atoms with Crippen molar-refractivity contribution >= 4 is 10.0 Å². The molecule has 0 aliphatic carbocycles. The highest BCUT2D eigenvalue weighted by Gasteiger charge is 2.37. The SMILES string of the molecule is Cc1ccccc1S(=O)(=O)N1CCCC1c1cnccn1. The fraction of sp³-hybridized carbons (Fsp3) is 0.333. The van der Waals surface area contributed by atoms with Crippen molar-refractivity contribution in [2.75, 3.05) is 6.54 Å². The summed E-state index contributed by atoms with van der Waals surface area (Å²) in [5.41, 5.74) is 1.48. The monoisotopic (exact) mass is 303 g/mol. The molecule has 2 heterocycles. The summed E-state index contributed by atoms with van der Waals surface area (Å²) in [6.07, 6.45) is 6.47. The number of benzene rings is 1. The van der Waals surface area contributed by atoms with Gasteiger partial charge in [-0.1, -0.05) is 18.2 Å². The van der Waals surface area contributed by atoms with Gasteiger partial charge in [-0.15, -0.1) is 0 Å². The Morgan fingerprint density at radius 1 is 1.24 bits per heavy atom. The number of aryl methyl sites for hydroxylation is 1. The average Bonchev–Trinajstić information content (AvgIpc) is 2.99. The molecule has 1 aliphatic rings. The van der Waals surface area contributed by atoms with Crippen molar-refractivity contribution in [2.45, 2.75) is 30.7 Å². The summed E-state index contributed by atoms with van der Waals surface area (Å²) >= 11 is 0. The quantitative estimate of drug-likeness (QED) is 0.873. The van der Waals surface area contributed by atoms with E-state index in [9.17, 15) is 8.42 Å². The summed E-state index contributed by atoms with van der Waals surface area (Å²) < 4.78 is 27.4. The molecule has 0 radical (unpaired) electrons. The highest BCUT2D eigenvalue weighted by atomic mass is 32.2. The first kappa shape index (κ1) is 14.2. The standard InChI is InChI=1S/C15H17N3O2S/c1-12-5-2-3-7-15(12)21(19,20)18-10-4-6-14(18)13-11-16-8-9-17-13/h2-3,5,7-9,11,14H,4,6,10H2,1H3. The first-order chi connectivity index (χ1) is 10.1. The maximum atomic E-state index is 12.9. The Hall–Kier alpha value is -1.79. The molecule has 0 amide bonds. The molecule has 1 atom stereocenters. The van der Waals surface area contributed by atoms with Gasteiger partial charge in [0.2, 0.25) is 10.0 Å². The number of hydrogen-bond donors (Lipinski definition) is 0. The van der Waals surface area contributed by atoms with Gasteiger partial charge in [0.1, 0.15) is 0 Å². The zero-order chi connectivity index (χ0) is 14.9. The van der Waals surface area contributed by atoms with Crippen LogP contribution in [-0.2, 0) is 10.0 Å². The van der Waals surface area contributed by atoms with Gasteiger partial charge in [0.05, 0.1) is 22.8 Å². The van der Waals surface area contributed by atoms with Crippen molar-refractivity contribution in [3.8, 4) is 0 Å². The Morgan fingerprint density at radius 2 is 2.05 bits per heavy atom. The first-order valence-electron chi connectivity index (χ1n) is 6.94. The second kappa shape index (κ2) is 5.54. The zero-order valence-corrected chi connectivity index (χ0v) is 12.6. The fourth-order valence-corrected chi connectivity index (χ4v) is 4.67. The maximum Gasteiger partial charge on any atom is 0.243 e. The lowest BCUT2D eigenvalue weighted by Crippen LogP contribution is -2.31. The Labute approximate surface area is 124 Å². The van der Waals surface area contributed by atoms with E-state index >= 15 is 0 Å². The van der Waals surface area contributed by atoms with E-state index in [-0.39, 0.29) is 6.04 Å². The summed E-state index contributed by atoms with van der Waals surface area (Å²) in [6.45, 7) is 2.35. The Kier molecular flexibility index (Phi) is 3.73. The van der Waals surface area contributed by atoms with E-state index in [1.54, 1.807) is 35.0 Å². The third-order valence-electron chi connectivity index (χ3n) is 3.81. The summed E-state index contributed by atoms with van der Waals surface area (Å²) in [5, 5.41) is 0. The number of aromatic nitrogens is 2. The van der Waals surface area contributed by atoms with Gasteiger partial charge < -0.3 is 0 Å². The summed E-state index contributed by atoms with van der Waals surface area (Å²) in [6, 6.07) is 6.87. The minimum absolute atomic E-state index is 0.219. The molecule has 1 aliphatic heterocycles. The van der Waals surface area contributed by atoms with Crippen molar-refractivity contribution in [3.63, 3.8) is 0 Å². The van der Waals surface area contributed by atoms with Gasteiger partial charge in [0.25, 0.3) is 0 Å². The van der Waals surface area contributed by atoms with E-state index in [1.807, 2.05) is 19.1 Å². The summed E-state index contributed by atoms with van der Waals surface area (Å²) in [5.74, 6) is 0. The highest BCUT2D eigenvalue weighted by molar-refractivity contribution is 7.89. The van der Waals surface area contributed by atoms with Crippen molar-refractivity contribution in [1.29, 1.82) is 0 Å². The number of nitrogens with zero attached hydrogens (tertiary/aromatic N) is 3. The molecule has 1 aromatic carbocycles. The molecule has 0 bridgehead atoms. The zero-order valence-electron chi connectivity index (χ0n) is 11.8. The van der Waals surface area contributed by atoms with Crippen LogP contribution in [0.4, 0.5) is 0 Å². The molecular weight excluding hydrogens is 286 g/mol. The molecule has 0 spiro atoms. The van der Waals surface area contributed by atoms with Crippen LogP contribution in [-0.4, -0.2) is 29.2 Å². The van der Waals surface area contributed by atoms with Crippen LogP contribution in [0.3, 0.4) is 0 Å². The minimum atomic E-state index is -3.50. The molecule has 1 unspecified atom stereocenters. The van der Waals surface area contributed by atoms with E-state index in [1.165, 1.54) is 0 Å². The molecule has 3 rings (SSSR count). The Morgan fingerprint density at radius 3 is 2.76 bits per heavy atom. The van der Waals surface area contributed by atoms with Crippen molar-refractivity contribution < 1.29 is 8.42 Å². The predicted octanol–water partition coefficient (Wildman–Crippen LogP) is 2.31. The van der Waals surface area contributed by atoms with Gasteiger partial charge in [0, 0.05) is 18.9 Å². The molecule has 0 N–H and O–H groups in total. The molecule has 6 heteroatoms. The highest BCUT2D eigenvalue weighted by Crippen LogP contribution is 2.35. The summed E-state index contributed by atoms with van der Waals surface area (Å²) in [7, 11) is -3.50. The van der Waals surface area contributed by atoms with E-state index in [0.717, 1.165) is 18.4 Å². The van der Waals surface area contributed by atoms with Gasteiger partial charge in [0.15, 0.2) is 0 Å². The molecule has 1 aromatic heterocycles. The van der Waals surface area contributed by atoms with Gasteiger partial charge in [-0.2, -0.15) is 4.31 Å². The van der Waals surface area contributed by atoms with Crippen LogP contribution in [0.5, 0.6) is 0 Å². The van der Waals surface area contributed by atoms with Gasteiger partial charge in [-0.25, -0.2) is 8.42 Å². The molecule has 5 nitrogen and oxygen atoms in total. The third kappa shape index (κ3) is 2.56. The van der Waals surface area contributed by atoms with Crippen LogP contribution in [0.2, 0.25) is 0 Å². The minimum Gasteiger partial charge on any atom is -0.261 e. The van der Waals surface area contributed by atoms with Crippen LogP contribution in [0.25, 0.3) is 0 Å². The lowest BCUT2D eigenvalue weighted by Gasteiger charge is -2.24. The number of hydrogen-bond acceptors (Lipinski definition) is 4. The van der Waals surface area contributed by atoms with Crippen molar-refractivity contribution in [3.05, 3.63) is 54.1 Å². The van der Waals surface area contributed by atoms with Gasteiger partial charge in [-0.05, 0) is 31.4 Å². The van der Waals surface area contributed by atoms with E-state index in [4.69, 9.17) is 0 Å². The second-order valence-electron chi connectivity index (χ2n) is 5.17. The Bertz CT molecular complexity index is 732. The van der Waals surface area contributed by atoms with Gasteiger partial charge in [-0.3, -0.25) is 9.97 Å². The second-order valence-corrected chi connectivity index (χ2v) is 7.03. The molecular formula is C15H17N3O2S. The lowest BCUT2D eigenvalue weighted by molar-refractivity contribution is 0.389. The molecule has 21 heavy (non-hydrogen) atoms. The smallest absolute Gasteiger partial charge is 0.243 e. The molecule has 110 valence electrons. The molecule has 1 saturated heterocycles. The van der Waals surface area contributed by atoms with E-state index in [2.05, 4.69) is 9.97 Å². The number of rotatable bonds is 3. The van der Waals surface area contributed by atoms with E-state index < -0.39 is 10.0 Å². The number of sulfonamides is 1. The Balaban J connectivity index is 2.01. The van der Waals surface area contributed by atoms with Crippen LogP contribution in [0.1, 0.15) is 30.1 Å². The van der Waals surface area contributed by atoms with Crippen LogP contribution in [0.15, 0.2) is 47.8 Å². The summed E-state index contributed by atoms with van der Waals surface area (Å²) in [4.78, 5) is 8.70. The molecule has 0 saturated carbocycles.